The van der Waals surface area contributed by atoms with E-state index < -0.39 is 0 Å². The highest BCUT2D eigenvalue weighted by Gasteiger charge is 2.13. The Bertz CT molecular complexity index is 502. The van der Waals surface area contributed by atoms with E-state index >= 15 is 0 Å². The maximum atomic E-state index is 4.30. The summed E-state index contributed by atoms with van der Waals surface area (Å²) in [6, 6.07) is 8.88. The topological polar surface area (TPSA) is 37.8 Å². The number of hydrogen-bond donors (Lipinski definition) is 1. The number of rotatable bonds is 6. The summed E-state index contributed by atoms with van der Waals surface area (Å²) in [6.45, 7) is 5.25. The van der Waals surface area contributed by atoms with Gasteiger partial charge in [0, 0.05) is 24.2 Å². The van der Waals surface area contributed by atoms with E-state index in [0.717, 1.165) is 17.3 Å². The summed E-state index contributed by atoms with van der Waals surface area (Å²) in [4.78, 5) is 8.39. The average Bonchev–Trinajstić information content (AvgIpc) is 2.45. The predicted molar refractivity (Wildman–Crippen MR) is 80.4 cm³/mol. The molecule has 2 aromatic rings. The smallest absolute Gasteiger partial charge is 0.114 e. The lowest BCUT2D eigenvalue weighted by atomic mass is 10.0. The van der Waals surface area contributed by atoms with Crippen LogP contribution in [0.2, 0.25) is 0 Å². The van der Waals surface area contributed by atoms with Gasteiger partial charge in [-0.15, -0.1) is 11.8 Å². The molecule has 1 aromatic heterocycles. The molecule has 0 aliphatic rings. The minimum Gasteiger partial charge on any atom is -0.309 e. The van der Waals surface area contributed by atoms with E-state index in [9.17, 15) is 0 Å². The molecule has 2 rings (SSSR count). The Kier molecular flexibility index (Phi) is 5.36. The quantitative estimate of drug-likeness (QED) is 0.820. The molecule has 100 valence electrons. The third kappa shape index (κ3) is 4.04. The Balaban J connectivity index is 2.07. The molecule has 0 saturated carbocycles. The summed E-state index contributed by atoms with van der Waals surface area (Å²) < 4.78 is 0. The van der Waals surface area contributed by atoms with Gasteiger partial charge in [-0.2, -0.15) is 0 Å². The molecule has 0 amide bonds. The molecule has 0 spiro atoms. The minimum atomic E-state index is 0.346. The first-order valence-corrected chi connectivity index (χ1v) is 7.47. The third-order valence-corrected chi connectivity index (χ3v) is 3.96. The molecule has 4 heteroatoms. The van der Waals surface area contributed by atoms with E-state index in [0.29, 0.717) is 6.04 Å². The van der Waals surface area contributed by atoms with Crippen LogP contribution < -0.4 is 5.32 Å². The van der Waals surface area contributed by atoms with Crippen LogP contribution in [0, 0.1) is 6.92 Å². The Labute approximate surface area is 118 Å². The highest BCUT2D eigenvalue weighted by Crippen LogP contribution is 2.24. The summed E-state index contributed by atoms with van der Waals surface area (Å²) in [7, 11) is 0. The second-order valence-electron chi connectivity index (χ2n) is 4.32. The van der Waals surface area contributed by atoms with Crippen molar-refractivity contribution in [1.82, 2.24) is 15.3 Å². The van der Waals surface area contributed by atoms with Crippen molar-refractivity contribution in [3.8, 4) is 0 Å². The Morgan fingerprint density at radius 1 is 1.26 bits per heavy atom. The van der Waals surface area contributed by atoms with Crippen LogP contribution in [-0.4, -0.2) is 22.3 Å². The van der Waals surface area contributed by atoms with E-state index in [1.165, 1.54) is 11.1 Å². The first-order chi connectivity index (χ1) is 9.31. The lowest BCUT2D eigenvalue weighted by molar-refractivity contribution is 0.603. The number of aryl methyl sites for hydroxylation is 1. The van der Waals surface area contributed by atoms with E-state index in [1.54, 1.807) is 24.2 Å². The standard InChI is InChI=1S/C15H19N3S/c1-3-17-14(13-7-5-4-6-12(13)2)11-19-15-10-16-8-9-18-15/h4-10,14,17H,3,11H2,1-2H3. The fourth-order valence-electron chi connectivity index (χ4n) is 2.01. The molecule has 0 bridgehead atoms. The highest BCUT2D eigenvalue weighted by molar-refractivity contribution is 7.99. The van der Waals surface area contributed by atoms with Crippen molar-refractivity contribution in [2.24, 2.45) is 0 Å². The molecule has 0 radical (unpaired) electrons. The summed E-state index contributed by atoms with van der Waals surface area (Å²) in [5.41, 5.74) is 2.69. The average molecular weight is 273 g/mol. The van der Waals surface area contributed by atoms with Gasteiger partial charge in [0.05, 0.1) is 6.20 Å². The first kappa shape index (κ1) is 14.0. The van der Waals surface area contributed by atoms with Gasteiger partial charge < -0.3 is 5.32 Å². The normalized spacial score (nSPS) is 12.3. The first-order valence-electron chi connectivity index (χ1n) is 6.49. The lowest BCUT2D eigenvalue weighted by Gasteiger charge is -2.19. The largest absolute Gasteiger partial charge is 0.309 e. The number of nitrogens with one attached hydrogen (secondary N) is 1. The SMILES string of the molecule is CCNC(CSc1cnccn1)c1ccccc1C. The van der Waals surface area contributed by atoms with Gasteiger partial charge in [-0.25, -0.2) is 4.98 Å². The van der Waals surface area contributed by atoms with Crippen LogP contribution in [0.1, 0.15) is 24.1 Å². The van der Waals surface area contributed by atoms with Crippen molar-refractivity contribution < 1.29 is 0 Å². The number of hydrogen-bond acceptors (Lipinski definition) is 4. The Morgan fingerprint density at radius 3 is 2.79 bits per heavy atom. The summed E-state index contributed by atoms with van der Waals surface area (Å²) >= 11 is 1.74. The Hall–Kier alpha value is -1.39. The van der Waals surface area contributed by atoms with E-state index in [4.69, 9.17) is 0 Å². The second-order valence-corrected chi connectivity index (χ2v) is 5.36. The van der Waals surface area contributed by atoms with Gasteiger partial charge in [-0.05, 0) is 24.6 Å². The maximum Gasteiger partial charge on any atom is 0.114 e. The van der Waals surface area contributed by atoms with Crippen molar-refractivity contribution in [3.05, 3.63) is 54.0 Å². The number of nitrogens with zero attached hydrogens (tertiary/aromatic N) is 2. The molecule has 0 saturated heterocycles. The molecule has 1 N–H and O–H groups in total. The zero-order valence-corrected chi connectivity index (χ0v) is 12.2. The zero-order valence-electron chi connectivity index (χ0n) is 11.3. The van der Waals surface area contributed by atoms with E-state index in [-0.39, 0.29) is 0 Å². The van der Waals surface area contributed by atoms with E-state index in [1.807, 2.05) is 6.20 Å². The van der Waals surface area contributed by atoms with Crippen LogP contribution >= 0.6 is 11.8 Å². The molecule has 0 aliphatic heterocycles. The fourth-order valence-corrected chi connectivity index (χ4v) is 2.92. The molecule has 0 fully saturated rings. The minimum absolute atomic E-state index is 0.346. The van der Waals surface area contributed by atoms with Gasteiger partial charge in [0.2, 0.25) is 0 Å². The van der Waals surface area contributed by atoms with Crippen LogP contribution in [0.4, 0.5) is 0 Å². The van der Waals surface area contributed by atoms with Gasteiger partial charge >= 0.3 is 0 Å². The summed E-state index contributed by atoms with van der Waals surface area (Å²) in [6.07, 6.45) is 5.25. The van der Waals surface area contributed by atoms with Gasteiger partial charge in [0.25, 0.3) is 0 Å². The van der Waals surface area contributed by atoms with Crippen molar-refractivity contribution in [1.29, 1.82) is 0 Å². The van der Waals surface area contributed by atoms with Crippen molar-refractivity contribution in [2.45, 2.75) is 24.9 Å². The number of benzene rings is 1. The molecule has 3 nitrogen and oxygen atoms in total. The number of aromatic nitrogens is 2. The molecule has 1 aromatic carbocycles. The van der Waals surface area contributed by atoms with E-state index in [2.05, 4.69) is 53.4 Å². The van der Waals surface area contributed by atoms with Crippen LogP contribution in [0.25, 0.3) is 0 Å². The molecule has 1 heterocycles. The van der Waals surface area contributed by atoms with Crippen molar-refractivity contribution >= 4 is 11.8 Å². The van der Waals surface area contributed by atoms with Crippen LogP contribution in [0.15, 0.2) is 47.9 Å². The number of thioether (sulfide) groups is 1. The monoisotopic (exact) mass is 273 g/mol. The molecule has 1 atom stereocenters. The van der Waals surface area contributed by atoms with Crippen LogP contribution in [-0.2, 0) is 0 Å². The predicted octanol–water partition coefficient (Wildman–Crippen LogP) is 3.23. The van der Waals surface area contributed by atoms with Crippen LogP contribution in [0.5, 0.6) is 0 Å². The molecule has 0 aliphatic carbocycles. The highest BCUT2D eigenvalue weighted by atomic mass is 32.2. The van der Waals surface area contributed by atoms with Crippen molar-refractivity contribution in [3.63, 3.8) is 0 Å². The van der Waals surface area contributed by atoms with Crippen LogP contribution in [0.3, 0.4) is 0 Å². The third-order valence-electron chi connectivity index (χ3n) is 2.95. The summed E-state index contributed by atoms with van der Waals surface area (Å²) in [5.74, 6) is 0.956. The fraction of sp³-hybridized carbons (Fsp3) is 0.333. The van der Waals surface area contributed by atoms with Gasteiger partial charge in [0.15, 0.2) is 0 Å². The molecule has 1 unspecified atom stereocenters. The zero-order chi connectivity index (χ0) is 13.5. The van der Waals surface area contributed by atoms with Gasteiger partial charge in [-0.3, -0.25) is 4.98 Å². The van der Waals surface area contributed by atoms with Crippen molar-refractivity contribution in [2.75, 3.05) is 12.3 Å². The molecular formula is C15H19N3S. The maximum absolute atomic E-state index is 4.30. The summed E-state index contributed by atoms with van der Waals surface area (Å²) in [5, 5.41) is 4.51. The molecule has 19 heavy (non-hydrogen) atoms. The second kappa shape index (κ2) is 7.26. The lowest BCUT2D eigenvalue weighted by Crippen LogP contribution is -2.23. The molecular weight excluding hydrogens is 254 g/mol. The van der Waals surface area contributed by atoms with Gasteiger partial charge in [-0.1, -0.05) is 31.2 Å². The van der Waals surface area contributed by atoms with Gasteiger partial charge in [0.1, 0.15) is 5.03 Å². The Morgan fingerprint density at radius 2 is 2.11 bits per heavy atom.